The van der Waals surface area contributed by atoms with Crippen molar-refractivity contribution in [1.82, 2.24) is 20.3 Å². The van der Waals surface area contributed by atoms with Crippen LogP contribution in [0.5, 0.6) is 0 Å². The van der Waals surface area contributed by atoms with Crippen LogP contribution in [-0.4, -0.2) is 32.9 Å². The maximum atomic E-state index is 12.4. The standard InChI is InChI=1S/C15H21N5O3.2ClH/c1-8(2)5-15(3,7-16)20-12(21)9-4-10-11(17-6-9)18-14(23)19-13(10)22;;/h4,6,8H,5,7,16H2,1-3H3,(H,20,21)(H2,17,18,19,22,23);2*1H. The lowest BCUT2D eigenvalue weighted by Gasteiger charge is -2.31. The van der Waals surface area contributed by atoms with Gasteiger partial charge in [-0.15, -0.1) is 24.8 Å². The molecule has 2 aromatic heterocycles. The molecule has 2 aromatic rings. The van der Waals surface area contributed by atoms with Crippen LogP contribution in [0.15, 0.2) is 21.9 Å². The number of H-pyrrole nitrogens is 2. The molecule has 10 heteroatoms. The molecular weight excluding hydrogens is 369 g/mol. The van der Waals surface area contributed by atoms with Crippen LogP contribution in [0.1, 0.15) is 37.6 Å². The second kappa shape index (κ2) is 8.98. The minimum atomic E-state index is -0.639. The molecule has 0 aliphatic rings. The van der Waals surface area contributed by atoms with E-state index in [1.54, 1.807) is 0 Å². The second-order valence-corrected chi connectivity index (χ2v) is 6.35. The minimum Gasteiger partial charge on any atom is -0.346 e. The summed E-state index contributed by atoms with van der Waals surface area (Å²) in [4.78, 5) is 43.9. The molecule has 1 atom stereocenters. The maximum Gasteiger partial charge on any atom is 0.327 e. The van der Waals surface area contributed by atoms with Crippen molar-refractivity contribution in [2.24, 2.45) is 11.7 Å². The van der Waals surface area contributed by atoms with Crippen molar-refractivity contribution in [3.63, 3.8) is 0 Å². The van der Waals surface area contributed by atoms with E-state index >= 15 is 0 Å². The first-order valence-corrected chi connectivity index (χ1v) is 7.39. The molecule has 0 saturated carbocycles. The van der Waals surface area contributed by atoms with Crippen LogP contribution in [0.4, 0.5) is 0 Å². The smallest absolute Gasteiger partial charge is 0.327 e. The van der Waals surface area contributed by atoms with Crippen LogP contribution in [0.2, 0.25) is 0 Å². The fraction of sp³-hybridized carbons (Fsp3) is 0.467. The Hall–Kier alpha value is -1.90. The van der Waals surface area contributed by atoms with E-state index in [1.165, 1.54) is 12.3 Å². The van der Waals surface area contributed by atoms with E-state index in [0.717, 1.165) is 6.42 Å². The van der Waals surface area contributed by atoms with Gasteiger partial charge in [-0.05, 0) is 25.3 Å². The monoisotopic (exact) mass is 391 g/mol. The van der Waals surface area contributed by atoms with Crippen LogP contribution >= 0.6 is 24.8 Å². The van der Waals surface area contributed by atoms with Gasteiger partial charge in [0, 0.05) is 18.3 Å². The molecule has 25 heavy (non-hydrogen) atoms. The lowest BCUT2D eigenvalue weighted by Crippen LogP contribution is -2.52. The maximum absolute atomic E-state index is 12.4. The number of nitrogens with two attached hydrogens (primary N) is 1. The van der Waals surface area contributed by atoms with Crippen LogP contribution in [0.25, 0.3) is 11.0 Å². The first-order valence-electron chi connectivity index (χ1n) is 7.39. The predicted molar refractivity (Wildman–Crippen MR) is 102 cm³/mol. The first-order chi connectivity index (χ1) is 10.7. The Kier molecular flexibility index (Phi) is 8.30. The van der Waals surface area contributed by atoms with Crippen LogP contribution in [0, 0.1) is 5.92 Å². The Labute approximate surface area is 156 Å². The average Bonchev–Trinajstić information content (AvgIpc) is 2.45. The largest absolute Gasteiger partial charge is 0.346 e. The Morgan fingerprint density at radius 1 is 1.32 bits per heavy atom. The van der Waals surface area contributed by atoms with Gasteiger partial charge in [-0.2, -0.15) is 0 Å². The van der Waals surface area contributed by atoms with Gasteiger partial charge in [0.25, 0.3) is 11.5 Å². The highest BCUT2D eigenvalue weighted by atomic mass is 35.5. The van der Waals surface area contributed by atoms with Gasteiger partial charge in [0.15, 0.2) is 0 Å². The Morgan fingerprint density at radius 3 is 2.52 bits per heavy atom. The van der Waals surface area contributed by atoms with Crippen molar-refractivity contribution in [3.05, 3.63) is 38.7 Å². The highest BCUT2D eigenvalue weighted by Gasteiger charge is 2.26. The summed E-state index contributed by atoms with van der Waals surface area (Å²) in [5.74, 6) is 0.00472. The highest BCUT2D eigenvalue weighted by molar-refractivity contribution is 5.97. The quantitative estimate of drug-likeness (QED) is 0.601. The Balaban J connectivity index is 0.00000288. The molecular formula is C15H23Cl2N5O3. The summed E-state index contributed by atoms with van der Waals surface area (Å²) in [6.45, 7) is 6.27. The number of aromatic amines is 2. The molecule has 8 nitrogen and oxygen atoms in total. The molecule has 0 spiro atoms. The topological polar surface area (TPSA) is 134 Å². The molecule has 0 aliphatic heterocycles. The van der Waals surface area contributed by atoms with E-state index in [0.29, 0.717) is 12.5 Å². The van der Waals surface area contributed by atoms with Gasteiger partial charge in [0.1, 0.15) is 5.65 Å². The van der Waals surface area contributed by atoms with E-state index in [1.807, 2.05) is 20.8 Å². The summed E-state index contributed by atoms with van der Waals surface area (Å²) in [6, 6.07) is 1.40. The third kappa shape index (κ3) is 5.55. The van der Waals surface area contributed by atoms with Gasteiger partial charge >= 0.3 is 5.69 Å². The van der Waals surface area contributed by atoms with E-state index in [9.17, 15) is 14.4 Å². The number of rotatable bonds is 5. The number of nitrogens with one attached hydrogen (secondary N) is 3. The van der Waals surface area contributed by atoms with E-state index in [-0.39, 0.29) is 47.3 Å². The van der Waals surface area contributed by atoms with Crippen molar-refractivity contribution in [2.45, 2.75) is 32.7 Å². The Morgan fingerprint density at radius 2 is 1.96 bits per heavy atom. The van der Waals surface area contributed by atoms with Crippen molar-refractivity contribution >= 4 is 41.8 Å². The number of halogens is 2. The molecule has 0 saturated heterocycles. The fourth-order valence-electron chi connectivity index (χ4n) is 2.60. The summed E-state index contributed by atoms with van der Waals surface area (Å²) in [7, 11) is 0. The highest BCUT2D eigenvalue weighted by Crippen LogP contribution is 2.16. The number of carbonyl (C=O) groups excluding carboxylic acids is 1. The van der Waals surface area contributed by atoms with E-state index < -0.39 is 16.8 Å². The van der Waals surface area contributed by atoms with Crippen LogP contribution in [-0.2, 0) is 0 Å². The van der Waals surface area contributed by atoms with Crippen molar-refractivity contribution in [3.8, 4) is 0 Å². The first kappa shape index (κ1) is 23.1. The predicted octanol–water partition coefficient (Wildman–Crippen LogP) is 0.948. The Bertz CT molecular complexity index is 849. The SMILES string of the molecule is CC(C)CC(C)(CN)NC(=O)c1cnc2[nH]c(=O)[nH]c(=O)c2c1.Cl.Cl. The van der Waals surface area contributed by atoms with Crippen LogP contribution < -0.4 is 22.3 Å². The van der Waals surface area contributed by atoms with Crippen molar-refractivity contribution in [2.75, 3.05) is 6.54 Å². The number of pyridine rings is 1. The molecule has 1 amide bonds. The van der Waals surface area contributed by atoms with E-state index in [2.05, 4.69) is 20.3 Å². The van der Waals surface area contributed by atoms with Crippen molar-refractivity contribution in [1.29, 1.82) is 0 Å². The number of nitrogens with zero attached hydrogens (tertiary/aromatic N) is 1. The molecule has 0 fully saturated rings. The molecule has 0 bridgehead atoms. The molecule has 0 aromatic carbocycles. The lowest BCUT2D eigenvalue weighted by molar-refractivity contribution is 0.0898. The molecule has 2 rings (SSSR count). The number of fused-ring (bicyclic) bond motifs is 1. The second-order valence-electron chi connectivity index (χ2n) is 6.35. The van der Waals surface area contributed by atoms with Gasteiger partial charge in [-0.3, -0.25) is 19.6 Å². The molecule has 2 heterocycles. The number of hydrogen-bond donors (Lipinski definition) is 4. The minimum absolute atomic E-state index is 0. The van der Waals surface area contributed by atoms with Gasteiger partial charge in [0.05, 0.1) is 10.9 Å². The average molecular weight is 392 g/mol. The van der Waals surface area contributed by atoms with Gasteiger partial charge < -0.3 is 11.1 Å². The summed E-state index contributed by atoms with van der Waals surface area (Å²) < 4.78 is 0. The number of carbonyl (C=O) groups is 1. The molecule has 0 aliphatic carbocycles. The lowest BCUT2D eigenvalue weighted by atomic mass is 9.90. The summed E-state index contributed by atoms with van der Waals surface area (Å²) in [5.41, 5.74) is 4.39. The normalized spacial score (nSPS) is 12.8. The van der Waals surface area contributed by atoms with Gasteiger partial charge in [0.2, 0.25) is 0 Å². The molecule has 0 radical (unpaired) electrons. The summed E-state index contributed by atoms with van der Waals surface area (Å²) in [6.07, 6.45) is 2.05. The summed E-state index contributed by atoms with van der Waals surface area (Å²) in [5, 5.41) is 3.05. The zero-order valence-electron chi connectivity index (χ0n) is 14.2. The number of hydrogen-bond acceptors (Lipinski definition) is 5. The molecule has 140 valence electrons. The van der Waals surface area contributed by atoms with Crippen molar-refractivity contribution < 1.29 is 4.79 Å². The third-order valence-corrected chi connectivity index (χ3v) is 3.58. The number of aromatic nitrogens is 3. The zero-order valence-corrected chi connectivity index (χ0v) is 15.8. The van der Waals surface area contributed by atoms with Gasteiger partial charge in [-0.25, -0.2) is 9.78 Å². The third-order valence-electron chi connectivity index (χ3n) is 3.58. The van der Waals surface area contributed by atoms with E-state index in [4.69, 9.17) is 5.73 Å². The fourth-order valence-corrected chi connectivity index (χ4v) is 2.60. The van der Waals surface area contributed by atoms with Gasteiger partial charge in [-0.1, -0.05) is 13.8 Å². The molecule has 1 unspecified atom stereocenters. The number of amides is 1. The summed E-state index contributed by atoms with van der Waals surface area (Å²) >= 11 is 0. The van der Waals surface area contributed by atoms with Crippen LogP contribution in [0.3, 0.4) is 0 Å². The zero-order chi connectivity index (χ0) is 17.2. The molecule has 5 N–H and O–H groups in total.